The van der Waals surface area contributed by atoms with Crippen LogP contribution in [0.3, 0.4) is 0 Å². The molecule has 38 heavy (non-hydrogen) atoms. The van der Waals surface area contributed by atoms with Crippen molar-refractivity contribution < 1.29 is 19.8 Å². The molecule has 1 heterocycles. The lowest BCUT2D eigenvalue weighted by Gasteiger charge is -2.23. The molecule has 0 bridgehead atoms. The van der Waals surface area contributed by atoms with E-state index in [-0.39, 0.29) is 35.7 Å². The van der Waals surface area contributed by atoms with Gasteiger partial charge in [0.25, 0.3) is 5.91 Å². The Hall–Kier alpha value is -3.41. The first kappa shape index (κ1) is 27.6. The number of pyridine rings is 1. The summed E-state index contributed by atoms with van der Waals surface area (Å²) in [6.07, 6.45) is 5.37. The van der Waals surface area contributed by atoms with Gasteiger partial charge in [0.05, 0.1) is 12.1 Å². The Labute approximate surface area is 225 Å². The average molecular weight is 517 g/mol. The zero-order valence-electron chi connectivity index (χ0n) is 23.2. The van der Waals surface area contributed by atoms with E-state index in [1.165, 1.54) is 18.4 Å². The third kappa shape index (κ3) is 6.35. The van der Waals surface area contributed by atoms with E-state index in [0.29, 0.717) is 11.3 Å². The largest absolute Gasteiger partial charge is 0.507 e. The van der Waals surface area contributed by atoms with Crippen LogP contribution in [-0.2, 0) is 16.6 Å². The van der Waals surface area contributed by atoms with Crippen LogP contribution >= 0.6 is 0 Å². The summed E-state index contributed by atoms with van der Waals surface area (Å²) in [6.45, 7) is 10.4. The lowest BCUT2D eigenvalue weighted by Crippen LogP contribution is -2.35. The van der Waals surface area contributed by atoms with Crippen LogP contribution in [-0.4, -0.2) is 33.6 Å². The molecule has 0 unspecified atom stereocenters. The lowest BCUT2D eigenvalue weighted by molar-refractivity contribution is -0.139. The molecule has 1 aromatic heterocycles. The summed E-state index contributed by atoms with van der Waals surface area (Å²) in [5.74, 6) is -0.653. The molecule has 3 aromatic rings. The second-order valence-corrected chi connectivity index (χ2v) is 12.6. The number of nitrogens with one attached hydrogen (secondary N) is 1. The van der Waals surface area contributed by atoms with E-state index in [4.69, 9.17) is 4.98 Å². The number of aromatic nitrogens is 1. The summed E-state index contributed by atoms with van der Waals surface area (Å²) in [6, 6.07) is 13.8. The molecule has 0 radical (unpaired) electrons. The lowest BCUT2D eigenvalue weighted by atomic mass is 9.85. The highest BCUT2D eigenvalue weighted by atomic mass is 16.4. The maximum atomic E-state index is 13.2. The second-order valence-electron chi connectivity index (χ2n) is 12.6. The average Bonchev–Trinajstić information content (AvgIpc) is 3.35. The van der Waals surface area contributed by atoms with Crippen LogP contribution in [0.1, 0.15) is 88.5 Å². The summed E-state index contributed by atoms with van der Waals surface area (Å²) in [7, 11) is 0. The van der Waals surface area contributed by atoms with Crippen LogP contribution in [0, 0.1) is 11.3 Å². The van der Waals surface area contributed by atoms with Crippen molar-refractivity contribution in [2.45, 2.75) is 78.6 Å². The fourth-order valence-electron chi connectivity index (χ4n) is 5.46. The first-order valence-electron chi connectivity index (χ1n) is 13.6. The van der Waals surface area contributed by atoms with E-state index in [0.717, 1.165) is 41.5 Å². The van der Waals surface area contributed by atoms with Crippen LogP contribution in [0.25, 0.3) is 21.9 Å². The Bertz CT molecular complexity index is 1330. The first-order valence-corrected chi connectivity index (χ1v) is 13.6. The Morgan fingerprint density at radius 3 is 2.26 bits per heavy atom. The molecule has 0 aliphatic heterocycles. The minimum Gasteiger partial charge on any atom is -0.507 e. The Morgan fingerprint density at radius 1 is 1.00 bits per heavy atom. The van der Waals surface area contributed by atoms with Crippen LogP contribution < -0.4 is 5.32 Å². The van der Waals surface area contributed by atoms with Gasteiger partial charge in [0.15, 0.2) is 0 Å². The number of phenolic OH excluding ortho intramolecular Hbond substituents is 1. The Morgan fingerprint density at radius 2 is 1.66 bits per heavy atom. The molecule has 0 spiro atoms. The fourth-order valence-corrected chi connectivity index (χ4v) is 5.46. The van der Waals surface area contributed by atoms with Crippen LogP contribution in [0.15, 0.2) is 42.5 Å². The molecule has 1 saturated carbocycles. The molecular weight excluding hydrogens is 476 g/mol. The topological polar surface area (TPSA) is 99.5 Å². The quantitative estimate of drug-likeness (QED) is 0.303. The van der Waals surface area contributed by atoms with Gasteiger partial charge in [-0.3, -0.25) is 9.59 Å². The molecule has 6 nitrogen and oxygen atoms in total. The standard InChI is InChI=1S/C32H40N2O4/c1-31(2,3)22-12-10-21(11-13-22)23-14-15-27(35)24-17-26(30(38)33-19-32(4,5)18-28(36)37)34-25(29(23)24)16-20-8-6-7-9-20/h10-15,17,20,35H,6-9,16,18-19H2,1-5H3,(H,33,38)(H,36,37). The molecule has 1 aliphatic carbocycles. The minimum atomic E-state index is -0.903. The molecule has 202 valence electrons. The van der Waals surface area contributed by atoms with Crippen LogP contribution in [0.5, 0.6) is 5.75 Å². The fraction of sp³-hybridized carbons (Fsp3) is 0.469. The maximum absolute atomic E-state index is 13.2. The van der Waals surface area contributed by atoms with Crippen LogP contribution in [0.2, 0.25) is 0 Å². The number of amides is 1. The van der Waals surface area contributed by atoms with Crippen molar-refractivity contribution in [2.75, 3.05) is 6.54 Å². The van der Waals surface area contributed by atoms with E-state index in [1.54, 1.807) is 12.1 Å². The summed E-state index contributed by atoms with van der Waals surface area (Å²) in [5, 5.41) is 24.5. The van der Waals surface area contributed by atoms with Gasteiger partial charge in [0, 0.05) is 17.3 Å². The highest BCUT2D eigenvalue weighted by molar-refractivity contribution is 6.05. The van der Waals surface area contributed by atoms with Gasteiger partial charge in [-0.15, -0.1) is 0 Å². The number of aliphatic carboxylic acids is 1. The number of phenols is 1. The number of aromatic hydroxyl groups is 1. The normalized spacial score (nSPS) is 14.7. The number of rotatable bonds is 8. The number of carboxylic acids is 1. The number of fused-ring (bicyclic) bond motifs is 1. The molecule has 1 fully saturated rings. The molecular formula is C32H40N2O4. The SMILES string of the molecule is CC(C)(CNC(=O)c1cc2c(O)ccc(-c3ccc(C(C)(C)C)cc3)c2c(CC2CCCC2)n1)CC(=O)O. The van der Waals surface area contributed by atoms with Crippen molar-refractivity contribution in [3.05, 3.63) is 59.4 Å². The smallest absolute Gasteiger partial charge is 0.303 e. The minimum absolute atomic E-state index is 0.0477. The molecule has 1 amide bonds. The van der Waals surface area contributed by atoms with Gasteiger partial charge >= 0.3 is 5.97 Å². The van der Waals surface area contributed by atoms with Crippen molar-refractivity contribution in [2.24, 2.45) is 11.3 Å². The second kappa shape index (κ2) is 10.8. The van der Waals surface area contributed by atoms with Crippen molar-refractivity contribution in [3.8, 4) is 16.9 Å². The van der Waals surface area contributed by atoms with Gasteiger partial charge in [0.2, 0.25) is 0 Å². The van der Waals surface area contributed by atoms with Gasteiger partial charge in [-0.05, 0) is 58.1 Å². The molecule has 0 atom stereocenters. The van der Waals surface area contributed by atoms with E-state index >= 15 is 0 Å². The monoisotopic (exact) mass is 516 g/mol. The van der Waals surface area contributed by atoms with Crippen molar-refractivity contribution in [1.29, 1.82) is 0 Å². The van der Waals surface area contributed by atoms with Crippen molar-refractivity contribution in [3.63, 3.8) is 0 Å². The zero-order valence-corrected chi connectivity index (χ0v) is 23.2. The number of carboxylic acid groups (broad SMARTS) is 1. The molecule has 0 saturated heterocycles. The summed E-state index contributed by atoms with van der Waals surface area (Å²) >= 11 is 0. The van der Waals surface area contributed by atoms with Gasteiger partial charge in [-0.2, -0.15) is 0 Å². The van der Waals surface area contributed by atoms with Gasteiger partial charge in [0.1, 0.15) is 11.4 Å². The zero-order chi connectivity index (χ0) is 27.7. The van der Waals surface area contributed by atoms with E-state index in [2.05, 4.69) is 50.4 Å². The number of carbonyl (C=O) groups excluding carboxylic acids is 1. The third-order valence-electron chi connectivity index (χ3n) is 7.66. The molecule has 2 aromatic carbocycles. The number of benzene rings is 2. The molecule has 6 heteroatoms. The van der Waals surface area contributed by atoms with Crippen molar-refractivity contribution >= 4 is 22.6 Å². The first-order chi connectivity index (χ1) is 17.8. The third-order valence-corrected chi connectivity index (χ3v) is 7.66. The highest BCUT2D eigenvalue weighted by Crippen LogP contribution is 2.39. The molecule has 1 aliphatic rings. The predicted octanol–water partition coefficient (Wildman–Crippen LogP) is 6.87. The van der Waals surface area contributed by atoms with E-state index < -0.39 is 11.4 Å². The van der Waals surface area contributed by atoms with Gasteiger partial charge < -0.3 is 15.5 Å². The van der Waals surface area contributed by atoms with Crippen LogP contribution in [0.4, 0.5) is 0 Å². The number of hydrogen-bond donors (Lipinski definition) is 3. The van der Waals surface area contributed by atoms with E-state index in [1.807, 2.05) is 19.9 Å². The predicted molar refractivity (Wildman–Crippen MR) is 152 cm³/mol. The summed E-state index contributed by atoms with van der Waals surface area (Å²) < 4.78 is 0. The highest BCUT2D eigenvalue weighted by Gasteiger charge is 2.25. The Balaban J connectivity index is 1.78. The van der Waals surface area contributed by atoms with Crippen molar-refractivity contribution in [1.82, 2.24) is 10.3 Å². The number of hydrogen-bond acceptors (Lipinski definition) is 4. The Kier molecular flexibility index (Phi) is 7.82. The van der Waals surface area contributed by atoms with E-state index in [9.17, 15) is 19.8 Å². The number of nitrogens with zero attached hydrogens (tertiary/aromatic N) is 1. The van der Waals surface area contributed by atoms with Gasteiger partial charge in [-0.25, -0.2) is 4.98 Å². The molecule has 4 rings (SSSR count). The summed E-state index contributed by atoms with van der Waals surface area (Å²) in [4.78, 5) is 29.3. The number of carbonyl (C=O) groups is 2. The summed E-state index contributed by atoms with van der Waals surface area (Å²) in [5.41, 5.74) is 3.81. The maximum Gasteiger partial charge on any atom is 0.303 e. The molecule has 3 N–H and O–H groups in total. The van der Waals surface area contributed by atoms with Gasteiger partial charge in [-0.1, -0.05) is 84.6 Å².